The molecule has 0 radical (unpaired) electrons. The van der Waals surface area contributed by atoms with Crippen molar-refractivity contribution in [3.63, 3.8) is 0 Å². The first-order chi connectivity index (χ1) is 19.0. The molecule has 2 aromatic heterocycles. The van der Waals surface area contributed by atoms with Crippen LogP contribution >= 0.6 is 0 Å². The van der Waals surface area contributed by atoms with Crippen molar-refractivity contribution < 1.29 is 23.5 Å². The normalized spacial score (nSPS) is 16.6. The van der Waals surface area contributed by atoms with Gasteiger partial charge in [-0.15, -0.1) is 5.10 Å². The van der Waals surface area contributed by atoms with E-state index in [9.17, 15) is 14.4 Å². The summed E-state index contributed by atoms with van der Waals surface area (Å²) in [7, 11) is 1.52. The fourth-order valence-electron chi connectivity index (χ4n) is 4.67. The van der Waals surface area contributed by atoms with Gasteiger partial charge in [0.1, 0.15) is 23.4 Å². The zero-order chi connectivity index (χ0) is 27.2. The zero-order valence-electron chi connectivity index (χ0n) is 21.7. The number of Topliss-reactive ketones (excluding diaryl/α,β-unsaturated/α-hetero) is 1. The first-order valence-corrected chi connectivity index (χ1v) is 13.1. The van der Waals surface area contributed by atoms with Crippen molar-refractivity contribution in [3.8, 4) is 11.5 Å². The minimum absolute atomic E-state index is 0.0534. The number of amides is 1. The lowest BCUT2D eigenvalue weighted by Gasteiger charge is -2.20. The van der Waals surface area contributed by atoms with Crippen LogP contribution in [0.1, 0.15) is 66.2 Å². The molecule has 1 N–H and O–H groups in total. The second-order valence-corrected chi connectivity index (χ2v) is 9.57. The fraction of sp³-hybridized carbons (Fsp3) is 0.345. The van der Waals surface area contributed by atoms with Crippen LogP contribution in [-0.2, 0) is 17.9 Å². The van der Waals surface area contributed by atoms with Crippen molar-refractivity contribution in [2.24, 2.45) is 0 Å². The van der Waals surface area contributed by atoms with Crippen LogP contribution in [0.2, 0.25) is 0 Å². The van der Waals surface area contributed by atoms with E-state index in [0.29, 0.717) is 40.1 Å². The van der Waals surface area contributed by atoms with Crippen LogP contribution in [0, 0.1) is 0 Å². The summed E-state index contributed by atoms with van der Waals surface area (Å²) >= 11 is 0. The SMILES string of the molecule is COc1cc2ccc1OCc1cn(nn1)CCCCCCC(=O)NC2CC(=O)c1cc2ccccc2oc1=O. The standard InChI is InChI=1S/C29H30N4O6/c1-37-27-15-19-11-12-26(27)38-18-21-17-33(32-31-21)13-7-3-2-4-10-28(35)30-23(19)16-24(34)22-14-20-8-5-6-9-25(20)39-29(22)36/h5-6,8-9,11-12,14-15,17,23H,2-4,7,10,13,16,18H2,1H3,(H,30,35). The van der Waals surface area contributed by atoms with Crippen LogP contribution in [0.15, 0.2) is 63.9 Å². The predicted octanol–water partition coefficient (Wildman–Crippen LogP) is 4.37. The number of hydrogen-bond acceptors (Lipinski definition) is 8. The highest BCUT2D eigenvalue weighted by atomic mass is 16.5. The number of carbonyl (C=O) groups excluding carboxylic acids is 2. The van der Waals surface area contributed by atoms with E-state index in [1.807, 2.05) is 6.20 Å². The van der Waals surface area contributed by atoms with Gasteiger partial charge in [0.15, 0.2) is 17.3 Å². The number of rotatable bonds is 4. The van der Waals surface area contributed by atoms with Crippen LogP contribution in [0.4, 0.5) is 0 Å². The third-order valence-corrected chi connectivity index (χ3v) is 6.76. The molecule has 10 nitrogen and oxygen atoms in total. The fourth-order valence-corrected chi connectivity index (χ4v) is 4.67. The van der Waals surface area contributed by atoms with Gasteiger partial charge >= 0.3 is 5.63 Å². The molecule has 202 valence electrons. The number of para-hydroxylation sites is 1. The second kappa shape index (κ2) is 11.9. The quantitative estimate of drug-likeness (QED) is 0.305. The molecule has 39 heavy (non-hydrogen) atoms. The molecule has 4 heterocycles. The number of benzene rings is 2. The topological polar surface area (TPSA) is 126 Å². The van der Waals surface area contributed by atoms with Crippen LogP contribution in [0.25, 0.3) is 11.0 Å². The van der Waals surface area contributed by atoms with Crippen molar-refractivity contribution in [1.82, 2.24) is 20.3 Å². The highest BCUT2D eigenvalue weighted by Crippen LogP contribution is 2.32. The lowest BCUT2D eigenvalue weighted by atomic mass is 9.97. The molecule has 0 saturated carbocycles. The summed E-state index contributed by atoms with van der Waals surface area (Å²) in [6.07, 6.45) is 5.56. The molecule has 0 fully saturated rings. The molecule has 6 rings (SSSR count). The third kappa shape index (κ3) is 6.34. The summed E-state index contributed by atoms with van der Waals surface area (Å²) in [6.45, 7) is 0.955. The molecular formula is C29H30N4O6. The van der Waals surface area contributed by atoms with Gasteiger partial charge in [0.25, 0.3) is 0 Å². The Morgan fingerprint density at radius 1 is 1.10 bits per heavy atom. The summed E-state index contributed by atoms with van der Waals surface area (Å²) in [6, 6.07) is 13.1. The number of fused-ring (bicyclic) bond motifs is 12. The average molecular weight is 531 g/mol. The minimum atomic E-state index is -0.705. The number of hydrogen-bond donors (Lipinski definition) is 1. The van der Waals surface area contributed by atoms with Gasteiger partial charge in [0.2, 0.25) is 5.91 Å². The molecule has 1 atom stereocenters. The monoisotopic (exact) mass is 530 g/mol. The molecule has 2 aliphatic rings. The Morgan fingerprint density at radius 3 is 2.82 bits per heavy atom. The second-order valence-electron chi connectivity index (χ2n) is 9.57. The Hall–Kier alpha value is -4.47. The van der Waals surface area contributed by atoms with Crippen LogP contribution in [-0.4, -0.2) is 33.8 Å². The molecule has 0 saturated heterocycles. The molecule has 2 aromatic carbocycles. The molecule has 4 bridgehead atoms. The molecule has 1 amide bonds. The van der Waals surface area contributed by atoms with E-state index in [1.54, 1.807) is 53.2 Å². The lowest BCUT2D eigenvalue weighted by Crippen LogP contribution is -2.31. The maximum Gasteiger partial charge on any atom is 0.347 e. The van der Waals surface area contributed by atoms with E-state index in [1.165, 1.54) is 7.11 Å². The van der Waals surface area contributed by atoms with Crippen molar-refractivity contribution in [2.45, 2.75) is 57.7 Å². The summed E-state index contributed by atoms with van der Waals surface area (Å²) in [5, 5.41) is 12.0. The van der Waals surface area contributed by atoms with E-state index < -0.39 is 17.5 Å². The van der Waals surface area contributed by atoms with Gasteiger partial charge in [-0.25, -0.2) is 4.79 Å². The number of aromatic nitrogens is 3. The Kier molecular flexibility index (Phi) is 8.00. The van der Waals surface area contributed by atoms with E-state index in [-0.39, 0.29) is 24.5 Å². The number of aryl methyl sites for hydroxylation is 1. The largest absolute Gasteiger partial charge is 0.493 e. The van der Waals surface area contributed by atoms with E-state index in [2.05, 4.69) is 15.6 Å². The van der Waals surface area contributed by atoms with E-state index >= 15 is 0 Å². The van der Waals surface area contributed by atoms with Gasteiger partial charge < -0.3 is 19.2 Å². The predicted molar refractivity (Wildman–Crippen MR) is 143 cm³/mol. The number of methoxy groups -OCH3 is 1. The number of nitrogens with one attached hydrogen (secondary N) is 1. The number of ketones is 1. The molecular weight excluding hydrogens is 500 g/mol. The van der Waals surface area contributed by atoms with Gasteiger partial charge in [-0.2, -0.15) is 0 Å². The van der Waals surface area contributed by atoms with Gasteiger partial charge in [-0.3, -0.25) is 14.3 Å². The third-order valence-electron chi connectivity index (χ3n) is 6.76. The van der Waals surface area contributed by atoms with E-state index in [4.69, 9.17) is 13.9 Å². The molecule has 2 aliphatic heterocycles. The highest BCUT2D eigenvalue weighted by Gasteiger charge is 2.23. The van der Waals surface area contributed by atoms with Gasteiger partial charge in [0, 0.05) is 24.8 Å². The maximum absolute atomic E-state index is 13.4. The Bertz CT molecular complexity index is 1540. The molecule has 0 aliphatic carbocycles. The summed E-state index contributed by atoms with van der Waals surface area (Å²) in [5.41, 5.74) is 1.00. The number of nitrogens with zero attached hydrogens (tertiary/aromatic N) is 3. The maximum atomic E-state index is 13.4. The first kappa shape index (κ1) is 26.1. The molecule has 10 heteroatoms. The molecule has 4 aromatic rings. The smallest absolute Gasteiger partial charge is 0.347 e. The van der Waals surface area contributed by atoms with E-state index in [0.717, 1.165) is 32.2 Å². The summed E-state index contributed by atoms with van der Waals surface area (Å²) in [5.74, 6) is 0.338. The van der Waals surface area contributed by atoms with Gasteiger partial charge in [-0.1, -0.05) is 42.3 Å². The highest BCUT2D eigenvalue weighted by molar-refractivity contribution is 5.98. The summed E-state index contributed by atoms with van der Waals surface area (Å²) < 4.78 is 18.7. The molecule has 0 spiro atoms. The lowest BCUT2D eigenvalue weighted by molar-refractivity contribution is -0.121. The first-order valence-electron chi connectivity index (χ1n) is 13.1. The Balaban J connectivity index is 1.44. The number of carbonyl (C=O) groups is 2. The van der Waals surface area contributed by atoms with Crippen LogP contribution in [0.5, 0.6) is 11.5 Å². The van der Waals surface area contributed by atoms with Crippen LogP contribution in [0.3, 0.4) is 0 Å². The van der Waals surface area contributed by atoms with Crippen molar-refractivity contribution in [2.75, 3.05) is 7.11 Å². The summed E-state index contributed by atoms with van der Waals surface area (Å²) in [4.78, 5) is 38.9. The average Bonchev–Trinajstić information content (AvgIpc) is 3.40. The van der Waals surface area contributed by atoms with Crippen molar-refractivity contribution in [3.05, 3.63) is 82.0 Å². The van der Waals surface area contributed by atoms with Crippen molar-refractivity contribution >= 4 is 22.7 Å². The Morgan fingerprint density at radius 2 is 1.95 bits per heavy atom. The van der Waals surface area contributed by atoms with Gasteiger partial charge in [-0.05, 0) is 42.7 Å². The molecule has 1 unspecified atom stereocenters. The Labute approximate surface area is 224 Å². The zero-order valence-corrected chi connectivity index (χ0v) is 21.7. The van der Waals surface area contributed by atoms with Crippen molar-refractivity contribution in [1.29, 1.82) is 0 Å². The number of ether oxygens (including phenoxy) is 2. The van der Waals surface area contributed by atoms with Crippen LogP contribution < -0.4 is 20.4 Å². The van der Waals surface area contributed by atoms with Gasteiger partial charge in [0.05, 0.1) is 19.3 Å². The minimum Gasteiger partial charge on any atom is -0.493 e.